The van der Waals surface area contributed by atoms with Gasteiger partial charge in [0.2, 0.25) is 0 Å². The van der Waals surface area contributed by atoms with Crippen LogP contribution < -0.4 is 0 Å². The van der Waals surface area contributed by atoms with E-state index in [1.807, 2.05) is 0 Å². The van der Waals surface area contributed by atoms with Crippen molar-refractivity contribution in [2.24, 2.45) is 0 Å². The molecule has 1 aromatic carbocycles. The van der Waals surface area contributed by atoms with Crippen LogP contribution in [0.15, 0.2) is 24.3 Å². The zero-order chi connectivity index (χ0) is 11.3. The third-order valence-corrected chi connectivity index (χ3v) is 2.84. The van der Waals surface area contributed by atoms with Crippen molar-refractivity contribution in [3.05, 3.63) is 39.9 Å². The summed E-state index contributed by atoms with van der Waals surface area (Å²) in [4.78, 5) is 0. The van der Waals surface area contributed by atoms with E-state index in [9.17, 15) is 8.76 Å². The van der Waals surface area contributed by atoms with Gasteiger partial charge in [-0.15, -0.1) is 0 Å². The van der Waals surface area contributed by atoms with Crippen LogP contribution in [0, 0.1) is 0 Å². The molecular formula is C10H9Cl2O2S-. The zero-order valence-electron chi connectivity index (χ0n) is 7.78. The Morgan fingerprint density at radius 2 is 2.13 bits per heavy atom. The molecule has 0 aliphatic heterocycles. The van der Waals surface area contributed by atoms with Gasteiger partial charge in [-0.2, -0.15) is 0 Å². The number of benzene rings is 1. The number of allylic oxidation sites excluding steroid dienone is 1. The molecule has 1 atom stereocenters. The van der Waals surface area contributed by atoms with Crippen LogP contribution in [0.5, 0.6) is 0 Å². The van der Waals surface area contributed by atoms with E-state index in [1.54, 1.807) is 30.4 Å². The third kappa shape index (κ3) is 4.80. The quantitative estimate of drug-likeness (QED) is 0.783. The first-order valence-electron chi connectivity index (χ1n) is 4.27. The molecule has 0 aliphatic carbocycles. The van der Waals surface area contributed by atoms with Crippen LogP contribution in [0.25, 0.3) is 6.08 Å². The number of rotatable bonds is 4. The highest BCUT2D eigenvalue weighted by molar-refractivity contribution is 7.79. The molecule has 2 nitrogen and oxygen atoms in total. The Bertz CT molecular complexity index is 391. The van der Waals surface area contributed by atoms with E-state index in [0.29, 0.717) is 16.5 Å². The standard InChI is InChI=1S/C10H10Cl2O2S/c11-9-5-4-8(10(12)7-9)3-1-2-6-15(13)14/h1,3-5,7H,2,6H2,(H,13,14)/p-1. The molecule has 0 radical (unpaired) electrons. The largest absolute Gasteiger partial charge is 0.772 e. The van der Waals surface area contributed by atoms with E-state index >= 15 is 0 Å². The molecule has 0 saturated carbocycles. The monoisotopic (exact) mass is 263 g/mol. The second kappa shape index (κ2) is 6.28. The Morgan fingerprint density at radius 3 is 2.73 bits per heavy atom. The molecule has 0 heterocycles. The Morgan fingerprint density at radius 1 is 1.40 bits per heavy atom. The van der Waals surface area contributed by atoms with Crippen molar-refractivity contribution in [1.29, 1.82) is 0 Å². The molecule has 0 fully saturated rings. The fourth-order valence-electron chi connectivity index (χ4n) is 1.01. The lowest BCUT2D eigenvalue weighted by atomic mass is 10.2. The molecule has 0 aromatic heterocycles. The first-order valence-corrected chi connectivity index (χ1v) is 6.27. The summed E-state index contributed by atoms with van der Waals surface area (Å²) in [6.07, 6.45) is 4.03. The summed E-state index contributed by atoms with van der Waals surface area (Å²) in [5.74, 6) is 0.127. The molecule has 0 spiro atoms. The summed E-state index contributed by atoms with van der Waals surface area (Å²) in [5, 5.41) is 1.14. The molecule has 82 valence electrons. The lowest BCUT2D eigenvalue weighted by Crippen LogP contribution is -1.92. The Labute approximate surface area is 101 Å². The van der Waals surface area contributed by atoms with Gasteiger partial charge in [0.15, 0.2) is 0 Å². The lowest BCUT2D eigenvalue weighted by Gasteiger charge is -2.01. The van der Waals surface area contributed by atoms with Gasteiger partial charge in [-0.25, -0.2) is 0 Å². The molecule has 15 heavy (non-hydrogen) atoms. The normalized spacial score (nSPS) is 13.3. The van der Waals surface area contributed by atoms with E-state index < -0.39 is 11.1 Å². The van der Waals surface area contributed by atoms with Gasteiger partial charge >= 0.3 is 0 Å². The van der Waals surface area contributed by atoms with Crippen molar-refractivity contribution in [2.45, 2.75) is 6.42 Å². The van der Waals surface area contributed by atoms with Crippen LogP contribution >= 0.6 is 23.2 Å². The fourth-order valence-corrected chi connectivity index (χ4v) is 1.81. The third-order valence-electron chi connectivity index (χ3n) is 1.71. The molecule has 5 heteroatoms. The maximum absolute atomic E-state index is 10.2. The van der Waals surface area contributed by atoms with Crippen molar-refractivity contribution < 1.29 is 8.76 Å². The molecule has 0 N–H and O–H groups in total. The fraction of sp³-hybridized carbons (Fsp3) is 0.200. The first-order chi connectivity index (χ1) is 7.09. The van der Waals surface area contributed by atoms with Gasteiger partial charge in [-0.05, 0) is 24.1 Å². The van der Waals surface area contributed by atoms with Gasteiger partial charge < -0.3 is 4.55 Å². The SMILES string of the molecule is O=S([O-])CCC=Cc1ccc(Cl)cc1Cl. The molecule has 0 saturated heterocycles. The minimum atomic E-state index is -1.99. The Kier molecular flexibility index (Phi) is 5.32. The molecular weight excluding hydrogens is 255 g/mol. The van der Waals surface area contributed by atoms with E-state index in [1.165, 1.54) is 0 Å². The van der Waals surface area contributed by atoms with Crippen molar-refractivity contribution in [2.75, 3.05) is 5.75 Å². The van der Waals surface area contributed by atoms with E-state index in [-0.39, 0.29) is 5.75 Å². The van der Waals surface area contributed by atoms with E-state index in [4.69, 9.17) is 23.2 Å². The number of hydrogen-bond donors (Lipinski definition) is 0. The van der Waals surface area contributed by atoms with Gasteiger partial charge in [0.1, 0.15) is 0 Å². The highest BCUT2D eigenvalue weighted by atomic mass is 35.5. The van der Waals surface area contributed by atoms with Crippen LogP contribution in [-0.2, 0) is 11.1 Å². The minimum absolute atomic E-state index is 0.127. The molecule has 1 rings (SSSR count). The lowest BCUT2D eigenvalue weighted by molar-refractivity contribution is 0.537. The van der Waals surface area contributed by atoms with Gasteiger partial charge in [0.05, 0.1) is 0 Å². The summed E-state index contributed by atoms with van der Waals surface area (Å²) in [6, 6.07) is 5.17. The summed E-state index contributed by atoms with van der Waals surface area (Å²) >= 11 is 9.66. The van der Waals surface area contributed by atoms with Crippen molar-refractivity contribution in [1.82, 2.24) is 0 Å². The second-order valence-corrected chi connectivity index (χ2v) is 4.72. The predicted molar refractivity (Wildman–Crippen MR) is 63.9 cm³/mol. The molecule has 0 bridgehead atoms. The van der Waals surface area contributed by atoms with Crippen LogP contribution in [0.4, 0.5) is 0 Å². The zero-order valence-corrected chi connectivity index (χ0v) is 10.1. The van der Waals surface area contributed by atoms with Gasteiger partial charge in [-0.3, -0.25) is 4.21 Å². The minimum Gasteiger partial charge on any atom is -0.772 e. The molecule has 0 aliphatic rings. The van der Waals surface area contributed by atoms with Crippen LogP contribution in [0.2, 0.25) is 10.0 Å². The summed E-state index contributed by atoms with van der Waals surface area (Å²) in [7, 11) is 0. The van der Waals surface area contributed by atoms with Crippen LogP contribution in [-0.4, -0.2) is 14.5 Å². The van der Waals surface area contributed by atoms with Crippen molar-refractivity contribution in [3.63, 3.8) is 0 Å². The first kappa shape index (κ1) is 12.7. The Balaban J connectivity index is 2.60. The molecule has 0 amide bonds. The smallest absolute Gasteiger partial charge is 0.0493 e. The summed E-state index contributed by atoms with van der Waals surface area (Å²) in [6.45, 7) is 0. The summed E-state index contributed by atoms with van der Waals surface area (Å²) in [5.41, 5.74) is 0.831. The van der Waals surface area contributed by atoms with Crippen LogP contribution in [0.3, 0.4) is 0 Å². The predicted octanol–water partition coefficient (Wildman–Crippen LogP) is 3.28. The van der Waals surface area contributed by atoms with Gasteiger partial charge in [0, 0.05) is 15.8 Å². The van der Waals surface area contributed by atoms with Crippen molar-refractivity contribution in [3.8, 4) is 0 Å². The van der Waals surface area contributed by atoms with Crippen molar-refractivity contribution >= 4 is 40.4 Å². The topological polar surface area (TPSA) is 40.1 Å². The highest BCUT2D eigenvalue weighted by Crippen LogP contribution is 2.22. The van der Waals surface area contributed by atoms with Gasteiger partial charge in [0.25, 0.3) is 0 Å². The molecule has 1 unspecified atom stereocenters. The average molecular weight is 264 g/mol. The Hall–Kier alpha value is -0.350. The molecule has 1 aromatic rings. The number of hydrogen-bond acceptors (Lipinski definition) is 2. The number of halogens is 2. The van der Waals surface area contributed by atoms with E-state index in [2.05, 4.69) is 0 Å². The average Bonchev–Trinajstić information content (AvgIpc) is 2.14. The summed E-state index contributed by atoms with van der Waals surface area (Å²) < 4.78 is 20.5. The van der Waals surface area contributed by atoms with E-state index in [0.717, 1.165) is 5.56 Å². The maximum Gasteiger partial charge on any atom is 0.0493 e. The van der Waals surface area contributed by atoms with Crippen LogP contribution in [0.1, 0.15) is 12.0 Å². The maximum atomic E-state index is 10.2. The van der Waals surface area contributed by atoms with Gasteiger partial charge in [-0.1, -0.05) is 52.5 Å². The second-order valence-electron chi connectivity index (χ2n) is 2.86. The highest BCUT2D eigenvalue weighted by Gasteiger charge is 1.96.